The fourth-order valence-corrected chi connectivity index (χ4v) is 2.87. The van der Waals surface area contributed by atoms with Crippen LogP contribution in [-0.2, 0) is 19.5 Å². The van der Waals surface area contributed by atoms with E-state index in [1.807, 2.05) is 44.5 Å². The van der Waals surface area contributed by atoms with Gasteiger partial charge in [-0.05, 0) is 52.2 Å². The third-order valence-corrected chi connectivity index (χ3v) is 3.91. The molecule has 2 aromatic rings. The van der Waals surface area contributed by atoms with Crippen molar-refractivity contribution >= 4 is 5.91 Å². The van der Waals surface area contributed by atoms with Crippen molar-refractivity contribution in [3.8, 4) is 0 Å². The summed E-state index contributed by atoms with van der Waals surface area (Å²) in [6.45, 7) is 13.7. The molecule has 6 heteroatoms. The number of hydrogen-bond donors (Lipinski definition) is 1. The van der Waals surface area contributed by atoms with Crippen LogP contribution >= 0.6 is 0 Å². The molecule has 24 heavy (non-hydrogen) atoms. The van der Waals surface area contributed by atoms with Crippen molar-refractivity contribution in [3.63, 3.8) is 0 Å². The molecular formula is C18H29N5O. The molecule has 2 heterocycles. The summed E-state index contributed by atoms with van der Waals surface area (Å²) in [5.41, 5.74) is 3.70. The summed E-state index contributed by atoms with van der Waals surface area (Å²) in [4.78, 5) is 12.6. The van der Waals surface area contributed by atoms with Crippen LogP contribution in [0.1, 0.15) is 55.3 Å². The van der Waals surface area contributed by atoms with Gasteiger partial charge in [0, 0.05) is 18.3 Å². The Morgan fingerprint density at radius 2 is 1.88 bits per heavy atom. The number of nitrogens with zero attached hydrogens (tertiary/aromatic N) is 4. The topological polar surface area (TPSA) is 64.7 Å². The molecule has 0 aromatic carbocycles. The van der Waals surface area contributed by atoms with Crippen LogP contribution in [0.3, 0.4) is 0 Å². The highest BCUT2D eigenvalue weighted by Crippen LogP contribution is 2.11. The van der Waals surface area contributed by atoms with Crippen LogP contribution in [0.4, 0.5) is 0 Å². The molecule has 0 spiro atoms. The van der Waals surface area contributed by atoms with Crippen molar-refractivity contribution in [2.45, 2.75) is 67.1 Å². The van der Waals surface area contributed by atoms with Gasteiger partial charge in [-0.2, -0.15) is 10.2 Å². The van der Waals surface area contributed by atoms with Crippen molar-refractivity contribution < 1.29 is 4.79 Å². The van der Waals surface area contributed by atoms with Crippen LogP contribution in [-0.4, -0.2) is 31.5 Å². The predicted molar refractivity (Wildman–Crippen MR) is 95.1 cm³/mol. The molecule has 0 fully saturated rings. The predicted octanol–water partition coefficient (Wildman–Crippen LogP) is 2.73. The van der Waals surface area contributed by atoms with E-state index in [4.69, 9.17) is 0 Å². The molecule has 2 rings (SSSR count). The number of carbonyl (C=O) groups is 1. The summed E-state index contributed by atoms with van der Waals surface area (Å²) < 4.78 is 3.71. The number of nitrogens with one attached hydrogen (secondary N) is 1. The molecule has 0 aliphatic rings. The first-order valence-electron chi connectivity index (χ1n) is 8.68. The van der Waals surface area contributed by atoms with Crippen molar-refractivity contribution in [1.82, 2.24) is 24.9 Å². The average molecular weight is 331 g/mol. The van der Waals surface area contributed by atoms with Gasteiger partial charge in [0.05, 0.1) is 17.9 Å². The highest BCUT2D eigenvalue weighted by molar-refractivity contribution is 5.92. The molecule has 1 amide bonds. The van der Waals surface area contributed by atoms with Crippen LogP contribution in [0.5, 0.6) is 0 Å². The van der Waals surface area contributed by atoms with Gasteiger partial charge in [0.1, 0.15) is 5.69 Å². The van der Waals surface area contributed by atoms with Crippen LogP contribution in [0.2, 0.25) is 0 Å². The van der Waals surface area contributed by atoms with Crippen LogP contribution in [0, 0.1) is 19.8 Å². The molecular weight excluding hydrogens is 302 g/mol. The third-order valence-electron chi connectivity index (χ3n) is 3.91. The maximum atomic E-state index is 12.6. The lowest BCUT2D eigenvalue weighted by molar-refractivity contribution is 0.0925. The number of aryl methyl sites for hydroxylation is 3. The lowest BCUT2D eigenvalue weighted by Gasteiger charge is -2.15. The van der Waals surface area contributed by atoms with E-state index in [9.17, 15) is 4.79 Å². The number of amides is 1. The Bertz CT molecular complexity index is 698. The number of carbonyl (C=O) groups excluding carboxylic acids is 1. The van der Waals surface area contributed by atoms with Gasteiger partial charge >= 0.3 is 0 Å². The summed E-state index contributed by atoms with van der Waals surface area (Å²) in [7, 11) is 0. The lowest BCUT2D eigenvalue weighted by Crippen LogP contribution is -2.37. The minimum atomic E-state index is -0.0756. The zero-order valence-corrected chi connectivity index (χ0v) is 15.6. The second kappa shape index (κ2) is 7.64. The Hall–Kier alpha value is -2.11. The lowest BCUT2D eigenvalue weighted by atomic mass is 10.1. The number of aromatic nitrogens is 4. The first kappa shape index (κ1) is 18.2. The van der Waals surface area contributed by atoms with Gasteiger partial charge in [-0.3, -0.25) is 14.2 Å². The molecule has 0 saturated heterocycles. The molecule has 0 aliphatic carbocycles. The summed E-state index contributed by atoms with van der Waals surface area (Å²) in [5.74, 6) is 0.444. The Balaban J connectivity index is 2.05. The Labute approximate surface area is 144 Å². The molecule has 1 atom stereocenters. The van der Waals surface area contributed by atoms with Crippen LogP contribution < -0.4 is 5.32 Å². The largest absolute Gasteiger partial charge is 0.346 e. The number of hydrogen-bond acceptors (Lipinski definition) is 3. The molecule has 0 radical (unpaired) electrons. The Kier molecular flexibility index (Phi) is 5.80. The minimum absolute atomic E-state index is 0.00995. The highest BCUT2D eigenvalue weighted by atomic mass is 16.2. The van der Waals surface area contributed by atoms with E-state index in [0.29, 0.717) is 24.7 Å². The van der Waals surface area contributed by atoms with Gasteiger partial charge in [0.15, 0.2) is 0 Å². The van der Waals surface area contributed by atoms with Gasteiger partial charge in [-0.25, -0.2) is 0 Å². The first-order valence-corrected chi connectivity index (χ1v) is 8.68. The van der Waals surface area contributed by atoms with E-state index in [2.05, 4.69) is 29.4 Å². The van der Waals surface area contributed by atoms with Crippen LogP contribution in [0.15, 0.2) is 12.1 Å². The second-order valence-corrected chi connectivity index (χ2v) is 6.92. The van der Waals surface area contributed by atoms with Crippen LogP contribution in [0.25, 0.3) is 0 Å². The van der Waals surface area contributed by atoms with Crippen molar-refractivity contribution in [2.75, 3.05) is 0 Å². The molecule has 1 N–H and O–H groups in total. The summed E-state index contributed by atoms with van der Waals surface area (Å²) in [6.07, 6.45) is 0.884. The van der Waals surface area contributed by atoms with Gasteiger partial charge < -0.3 is 5.32 Å². The van der Waals surface area contributed by atoms with E-state index < -0.39 is 0 Å². The maximum Gasteiger partial charge on any atom is 0.269 e. The highest BCUT2D eigenvalue weighted by Gasteiger charge is 2.17. The average Bonchev–Trinajstić information content (AvgIpc) is 3.01. The standard InChI is InChI=1S/C18H29N5O/c1-7-22-17(10-16(21-22)8-12(2)3)18(24)19-14(5)11-23-15(6)9-13(4)20-23/h9-10,12,14H,7-8,11H2,1-6H3,(H,19,24)/t14-/m0/s1. The van der Waals surface area contributed by atoms with Gasteiger partial charge in [0.2, 0.25) is 0 Å². The molecule has 132 valence electrons. The summed E-state index contributed by atoms with van der Waals surface area (Å²) in [6, 6.07) is 3.94. The zero-order chi connectivity index (χ0) is 17.9. The normalized spacial score (nSPS) is 12.6. The van der Waals surface area contributed by atoms with E-state index in [1.54, 1.807) is 4.68 Å². The smallest absolute Gasteiger partial charge is 0.269 e. The monoisotopic (exact) mass is 331 g/mol. The fraction of sp³-hybridized carbons (Fsp3) is 0.611. The molecule has 0 saturated carbocycles. The summed E-state index contributed by atoms with van der Waals surface area (Å²) in [5, 5.41) is 12.0. The van der Waals surface area contributed by atoms with Crippen molar-refractivity contribution in [3.05, 3.63) is 34.9 Å². The number of rotatable bonds is 7. The molecule has 0 aliphatic heterocycles. The van der Waals surface area contributed by atoms with E-state index >= 15 is 0 Å². The van der Waals surface area contributed by atoms with Gasteiger partial charge in [-0.15, -0.1) is 0 Å². The summed E-state index contributed by atoms with van der Waals surface area (Å²) >= 11 is 0. The van der Waals surface area contributed by atoms with E-state index in [0.717, 1.165) is 23.5 Å². The zero-order valence-electron chi connectivity index (χ0n) is 15.6. The second-order valence-electron chi connectivity index (χ2n) is 6.92. The quantitative estimate of drug-likeness (QED) is 0.848. The molecule has 0 unspecified atom stereocenters. The van der Waals surface area contributed by atoms with E-state index in [-0.39, 0.29) is 11.9 Å². The minimum Gasteiger partial charge on any atom is -0.346 e. The Morgan fingerprint density at radius 1 is 1.17 bits per heavy atom. The molecule has 2 aromatic heterocycles. The Morgan fingerprint density at radius 3 is 2.42 bits per heavy atom. The molecule has 0 bridgehead atoms. The van der Waals surface area contributed by atoms with Gasteiger partial charge in [0.25, 0.3) is 5.91 Å². The SMILES string of the molecule is CCn1nc(CC(C)C)cc1C(=O)N[C@@H](C)Cn1nc(C)cc1C. The molecule has 6 nitrogen and oxygen atoms in total. The van der Waals surface area contributed by atoms with E-state index in [1.165, 1.54) is 0 Å². The third kappa shape index (κ3) is 4.46. The van der Waals surface area contributed by atoms with Gasteiger partial charge in [-0.1, -0.05) is 13.8 Å². The van der Waals surface area contributed by atoms with Crippen molar-refractivity contribution in [1.29, 1.82) is 0 Å². The fourth-order valence-electron chi connectivity index (χ4n) is 2.87. The first-order chi connectivity index (χ1) is 11.3. The maximum absolute atomic E-state index is 12.6. The van der Waals surface area contributed by atoms with Crippen molar-refractivity contribution in [2.24, 2.45) is 5.92 Å².